The first-order chi connectivity index (χ1) is 12.9. The molecule has 1 atom stereocenters. The van der Waals surface area contributed by atoms with Gasteiger partial charge in [0.25, 0.3) is 0 Å². The molecular formula is C20H21FN4O2. The predicted octanol–water partition coefficient (Wildman–Crippen LogP) is 2.39. The van der Waals surface area contributed by atoms with E-state index in [1.54, 1.807) is 12.3 Å². The third-order valence-corrected chi connectivity index (χ3v) is 4.41. The first-order valence-corrected chi connectivity index (χ1v) is 8.60. The van der Waals surface area contributed by atoms with Crippen LogP contribution in [0.2, 0.25) is 0 Å². The smallest absolute Gasteiger partial charge is 0.245 e. The van der Waals surface area contributed by atoms with Gasteiger partial charge in [-0.2, -0.15) is 5.10 Å². The van der Waals surface area contributed by atoms with Crippen molar-refractivity contribution in [1.82, 2.24) is 5.43 Å². The zero-order chi connectivity index (χ0) is 19.4. The molecule has 1 unspecified atom stereocenters. The van der Waals surface area contributed by atoms with E-state index >= 15 is 0 Å². The highest BCUT2D eigenvalue weighted by molar-refractivity contribution is 6.00. The fourth-order valence-corrected chi connectivity index (χ4v) is 2.90. The van der Waals surface area contributed by atoms with Crippen molar-refractivity contribution in [3.8, 4) is 0 Å². The molecule has 140 valence electrons. The minimum Gasteiger partial charge on any atom is -0.378 e. The molecule has 1 saturated heterocycles. The quantitative estimate of drug-likeness (QED) is 0.651. The monoisotopic (exact) mass is 368 g/mol. The molecule has 0 bridgehead atoms. The number of hydrogen-bond acceptors (Lipinski definition) is 4. The van der Waals surface area contributed by atoms with Crippen LogP contribution in [0.1, 0.15) is 12.0 Å². The summed E-state index contributed by atoms with van der Waals surface area (Å²) >= 11 is 0. The van der Waals surface area contributed by atoms with Gasteiger partial charge in [-0.3, -0.25) is 9.59 Å². The third kappa shape index (κ3) is 4.49. The highest BCUT2D eigenvalue weighted by atomic mass is 19.1. The van der Waals surface area contributed by atoms with Crippen molar-refractivity contribution >= 4 is 29.4 Å². The highest BCUT2D eigenvalue weighted by Crippen LogP contribution is 2.25. The number of carbonyl (C=O) groups is 2. The van der Waals surface area contributed by atoms with Crippen molar-refractivity contribution < 1.29 is 14.0 Å². The normalized spacial score (nSPS) is 16.8. The summed E-state index contributed by atoms with van der Waals surface area (Å²) in [6, 6.07) is 13.5. The summed E-state index contributed by atoms with van der Waals surface area (Å²) in [7, 11) is 3.92. The number of nitrogens with one attached hydrogen (secondary N) is 1. The van der Waals surface area contributed by atoms with Crippen LogP contribution in [0.3, 0.4) is 0 Å². The molecule has 2 aromatic carbocycles. The van der Waals surface area contributed by atoms with Crippen molar-refractivity contribution in [2.75, 3.05) is 30.4 Å². The molecule has 0 saturated carbocycles. The van der Waals surface area contributed by atoms with Crippen molar-refractivity contribution in [3.05, 3.63) is 59.9 Å². The van der Waals surface area contributed by atoms with Gasteiger partial charge in [0.05, 0.1) is 12.1 Å². The Kier molecular flexibility index (Phi) is 5.49. The van der Waals surface area contributed by atoms with Crippen molar-refractivity contribution in [3.63, 3.8) is 0 Å². The van der Waals surface area contributed by atoms with Crippen LogP contribution in [-0.2, 0) is 9.59 Å². The molecule has 0 spiro atoms. The van der Waals surface area contributed by atoms with Gasteiger partial charge in [0.15, 0.2) is 0 Å². The van der Waals surface area contributed by atoms with E-state index in [0.29, 0.717) is 5.69 Å². The maximum atomic E-state index is 13.4. The summed E-state index contributed by atoms with van der Waals surface area (Å²) in [6.45, 7) is 0.209. The number of hydrogen-bond donors (Lipinski definition) is 1. The van der Waals surface area contributed by atoms with E-state index in [-0.39, 0.29) is 24.8 Å². The molecule has 1 fully saturated rings. The summed E-state index contributed by atoms with van der Waals surface area (Å²) < 4.78 is 13.4. The second kappa shape index (κ2) is 7.99. The van der Waals surface area contributed by atoms with Crippen molar-refractivity contribution in [2.45, 2.75) is 6.42 Å². The summed E-state index contributed by atoms with van der Waals surface area (Å²) in [6.07, 6.45) is 1.63. The fraction of sp³-hybridized carbons (Fsp3) is 0.250. The third-order valence-electron chi connectivity index (χ3n) is 4.41. The molecule has 6 nitrogen and oxygen atoms in total. The van der Waals surface area contributed by atoms with Gasteiger partial charge in [-0.15, -0.1) is 0 Å². The second-order valence-corrected chi connectivity index (χ2v) is 6.61. The minimum absolute atomic E-state index is 0.0788. The van der Waals surface area contributed by atoms with Gasteiger partial charge >= 0.3 is 0 Å². The molecular weight excluding hydrogens is 347 g/mol. The van der Waals surface area contributed by atoms with E-state index in [4.69, 9.17) is 0 Å². The largest absolute Gasteiger partial charge is 0.378 e. The Hall–Kier alpha value is -3.22. The maximum absolute atomic E-state index is 13.4. The Morgan fingerprint density at radius 1 is 1.26 bits per heavy atom. The first-order valence-electron chi connectivity index (χ1n) is 8.60. The molecule has 0 radical (unpaired) electrons. The topological polar surface area (TPSA) is 65.0 Å². The van der Waals surface area contributed by atoms with Crippen LogP contribution in [0.25, 0.3) is 0 Å². The number of anilines is 2. The molecule has 7 heteroatoms. The van der Waals surface area contributed by atoms with Crippen LogP contribution in [0.5, 0.6) is 0 Å². The molecule has 27 heavy (non-hydrogen) atoms. The molecule has 1 aliphatic heterocycles. The Bertz CT molecular complexity index is 865. The average Bonchev–Trinajstić information content (AvgIpc) is 3.04. The van der Waals surface area contributed by atoms with Gasteiger partial charge in [-0.05, 0) is 35.9 Å². The van der Waals surface area contributed by atoms with Gasteiger partial charge < -0.3 is 9.80 Å². The molecule has 1 heterocycles. The van der Waals surface area contributed by atoms with Crippen LogP contribution in [-0.4, -0.2) is 38.7 Å². The zero-order valence-corrected chi connectivity index (χ0v) is 15.2. The number of carbonyl (C=O) groups excluding carboxylic acids is 2. The van der Waals surface area contributed by atoms with Gasteiger partial charge in [0.1, 0.15) is 5.82 Å². The van der Waals surface area contributed by atoms with E-state index in [1.165, 1.54) is 23.1 Å². The van der Waals surface area contributed by atoms with E-state index < -0.39 is 11.7 Å². The SMILES string of the molecule is CN(C)c1ccc(C=NNC(=O)C2CC(=O)N(c3cccc(F)c3)C2)cc1. The number of nitrogens with zero attached hydrogens (tertiary/aromatic N) is 3. The summed E-state index contributed by atoms with van der Waals surface area (Å²) in [4.78, 5) is 27.9. The molecule has 3 rings (SSSR count). The van der Waals surface area contributed by atoms with Crippen molar-refractivity contribution in [1.29, 1.82) is 0 Å². The average molecular weight is 368 g/mol. The second-order valence-electron chi connectivity index (χ2n) is 6.61. The summed E-state index contributed by atoms with van der Waals surface area (Å²) in [5.41, 5.74) is 4.86. The molecule has 0 aliphatic carbocycles. The number of rotatable bonds is 5. The summed E-state index contributed by atoms with van der Waals surface area (Å²) in [5.74, 6) is -1.47. The molecule has 2 aromatic rings. The van der Waals surface area contributed by atoms with E-state index in [2.05, 4.69) is 10.5 Å². The minimum atomic E-state index is -0.519. The molecule has 1 aliphatic rings. The maximum Gasteiger partial charge on any atom is 0.245 e. The Morgan fingerprint density at radius 3 is 2.67 bits per heavy atom. The van der Waals surface area contributed by atoms with Gasteiger partial charge in [0, 0.05) is 38.4 Å². The van der Waals surface area contributed by atoms with Crippen molar-refractivity contribution in [2.24, 2.45) is 11.0 Å². The lowest BCUT2D eigenvalue weighted by Gasteiger charge is -2.16. The molecule has 1 N–H and O–H groups in total. The van der Waals surface area contributed by atoms with Crippen LogP contribution in [0.15, 0.2) is 53.6 Å². The number of amides is 2. The lowest BCUT2D eigenvalue weighted by molar-refractivity contribution is -0.126. The van der Waals surface area contributed by atoms with Crippen LogP contribution < -0.4 is 15.2 Å². The fourth-order valence-electron chi connectivity index (χ4n) is 2.90. The van der Waals surface area contributed by atoms with Crippen LogP contribution in [0.4, 0.5) is 15.8 Å². The molecule has 0 aromatic heterocycles. The molecule has 2 amide bonds. The van der Waals surface area contributed by atoms with E-state index in [9.17, 15) is 14.0 Å². The Balaban J connectivity index is 1.57. The van der Waals surface area contributed by atoms with Crippen LogP contribution >= 0.6 is 0 Å². The Morgan fingerprint density at radius 2 is 2.00 bits per heavy atom. The highest BCUT2D eigenvalue weighted by Gasteiger charge is 2.35. The summed E-state index contributed by atoms with van der Waals surface area (Å²) in [5, 5.41) is 3.97. The van der Waals surface area contributed by atoms with Gasteiger partial charge in [0.2, 0.25) is 11.8 Å². The number of halogens is 1. The van der Waals surface area contributed by atoms with Crippen LogP contribution in [0, 0.1) is 11.7 Å². The van der Waals surface area contributed by atoms with Gasteiger partial charge in [-0.25, -0.2) is 9.82 Å². The standard InChI is InChI=1S/C20H21FN4O2/c1-24(2)17-8-6-14(7-9-17)12-22-23-20(27)15-10-19(26)25(13-15)18-5-3-4-16(21)11-18/h3-9,11-12,15H,10,13H2,1-2H3,(H,23,27). The van der Waals surface area contributed by atoms with E-state index in [1.807, 2.05) is 43.3 Å². The number of benzene rings is 2. The lowest BCUT2D eigenvalue weighted by Crippen LogP contribution is -2.30. The van der Waals surface area contributed by atoms with E-state index in [0.717, 1.165) is 11.3 Å². The number of hydrazone groups is 1. The zero-order valence-electron chi connectivity index (χ0n) is 15.2. The first kappa shape index (κ1) is 18.6. The lowest BCUT2D eigenvalue weighted by atomic mass is 10.1. The van der Waals surface area contributed by atoms with Gasteiger partial charge in [-0.1, -0.05) is 18.2 Å². The predicted molar refractivity (Wildman–Crippen MR) is 103 cm³/mol. The Labute approximate surface area is 157 Å².